The van der Waals surface area contributed by atoms with Gasteiger partial charge < -0.3 is 10.2 Å². The molecule has 4 nitrogen and oxygen atoms in total. The van der Waals surface area contributed by atoms with Gasteiger partial charge in [0.2, 0.25) is 5.91 Å². The SMILES string of the molecule is CNC(=O)[C@H](C)CN(C)c1ncc(Cl)cc1Br. The van der Waals surface area contributed by atoms with Gasteiger partial charge in [0.25, 0.3) is 0 Å². The van der Waals surface area contributed by atoms with Gasteiger partial charge in [0.1, 0.15) is 5.82 Å². The summed E-state index contributed by atoms with van der Waals surface area (Å²) in [5, 5.41) is 3.20. The van der Waals surface area contributed by atoms with Crippen LogP contribution in [0, 0.1) is 5.92 Å². The van der Waals surface area contributed by atoms with E-state index in [0.29, 0.717) is 11.6 Å². The summed E-state index contributed by atoms with van der Waals surface area (Å²) in [6.45, 7) is 2.46. The van der Waals surface area contributed by atoms with Gasteiger partial charge in [-0.25, -0.2) is 4.98 Å². The topological polar surface area (TPSA) is 45.2 Å². The predicted molar refractivity (Wildman–Crippen MR) is 73.4 cm³/mol. The first kappa shape index (κ1) is 14.3. The molecule has 1 rings (SSSR count). The summed E-state index contributed by atoms with van der Waals surface area (Å²) >= 11 is 9.23. The predicted octanol–water partition coefficient (Wildman–Crippen LogP) is 2.32. The second kappa shape index (κ2) is 6.21. The normalized spacial score (nSPS) is 12.1. The Labute approximate surface area is 114 Å². The zero-order valence-electron chi connectivity index (χ0n) is 10.00. The van der Waals surface area contributed by atoms with Crippen LogP contribution in [-0.4, -0.2) is 31.5 Å². The highest BCUT2D eigenvalue weighted by Crippen LogP contribution is 2.26. The maximum absolute atomic E-state index is 11.4. The van der Waals surface area contributed by atoms with Crippen molar-refractivity contribution in [3.05, 3.63) is 21.8 Å². The summed E-state index contributed by atoms with van der Waals surface area (Å²) in [6.07, 6.45) is 1.59. The lowest BCUT2D eigenvalue weighted by atomic mass is 10.1. The fourth-order valence-corrected chi connectivity index (χ4v) is 2.46. The Bertz CT molecular complexity index is 414. The molecule has 6 heteroatoms. The molecule has 1 heterocycles. The monoisotopic (exact) mass is 319 g/mol. The van der Waals surface area contributed by atoms with Gasteiger partial charge in [-0.15, -0.1) is 0 Å². The van der Waals surface area contributed by atoms with Gasteiger partial charge in [-0.1, -0.05) is 18.5 Å². The molecule has 0 bridgehead atoms. The van der Waals surface area contributed by atoms with Crippen molar-refractivity contribution in [3.8, 4) is 0 Å². The van der Waals surface area contributed by atoms with E-state index in [2.05, 4.69) is 26.2 Å². The standard InChI is InChI=1S/C11H15BrClN3O/c1-7(11(17)14-2)6-16(3)10-9(12)4-8(13)5-15-10/h4-5,7H,6H2,1-3H3,(H,14,17)/t7-/m1/s1. The van der Waals surface area contributed by atoms with Gasteiger partial charge in [0.05, 0.1) is 15.4 Å². The summed E-state index contributed by atoms with van der Waals surface area (Å²) in [4.78, 5) is 17.6. The van der Waals surface area contributed by atoms with Crippen LogP contribution in [0.4, 0.5) is 5.82 Å². The Morgan fingerprint density at radius 1 is 1.71 bits per heavy atom. The van der Waals surface area contributed by atoms with Crippen LogP contribution in [0.1, 0.15) is 6.92 Å². The van der Waals surface area contributed by atoms with Crippen molar-refractivity contribution in [2.24, 2.45) is 5.92 Å². The number of halogens is 2. The highest BCUT2D eigenvalue weighted by molar-refractivity contribution is 9.10. The fourth-order valence-electron chi connectivity index (χ4n) is 1.51. The van der Waals surface area contributed by atoms with Crippen molar-refractivity contribution in [1.82, 2.24) is 10.3 Å². The van der Waals surface area contributed by atoms with E-state index < -0.39 is 0 Å². The summed E-state index contributed by atoms with van der Waals surface area (Å²) < 4.78 is 0.816. The van der Waals surface area contributed by atoms with Gasteiger partial charge in [-0.05, 0) is 22.0 Å². The molecule has 0 aliphatic rings. The number of rotatable bonds is 4. The van der Waals surface area contributed by atoms with Gasteiger partial charge in [-0.2, -0.15) is 0 Å². The van der Waals surface area contributed by atoms with Crippen molar-refractivity contribution < 1.29 is 4.79 Å². The number of amides is 1. The van der Waals surface area contributed by atoms with E-state index in [0.717, 1.165) is 10.3 Å². The highest BCUT2D eigenvalue weighted by atomic mass is 79.9. The van der Waals surface area contributed by atoms with Crippen LogP contribution in [0.3, 0.4) is 0 Å². The van der Waals surface area contributed by atoms with Gasteiger partial charge in [-0.3, -0.25) is 4.79 Å². The summed E-state index contributed by atoms with van der Waals surface area (Å²) in [5.74, 6) is 0.682. The van der Waals surface area contributed by atoms with Gasteiger partial charge >= 0.3 is 0 Å². The lowest BCUT2D eigenvalue weighted by Gasteiger charge is -2.22. The Morgan fingerprint density at radius 3 is 2.88 bits per heavy atom. The summed E-state index contributed by atoms with van der Waals surface area (Å²) in [5.41, 5.74) is 0. The van der Waals surface area contributed by atoms with Gasteiger partial charge in [0, 0.05) is 26.8 Å². The molecule has 0 unspecified atom stereocenters. The van der Waals surface area contributed by atoms with Crippen LogP contribution in [-0.2, 0) is 4.79 Å². The minimum Gasteiger partial charge on any atom is -0.359 e. The number of hydrogen-bond acceptors (Lipinski definition) is 3. The summed E-state index contributed by atoms with van der Waals surface area (Å²) in [7, 11) is 3.52. The molecule has 17 heavy (non-hydrogen) atoms. The molecule has 94 valence electrons. The molecule has 0 fully saturated rings. The molecule has 0 saturated heterocycles. The van der Waals surface area contributed by atoms with Crippen molar-refractivity contribution >= 4 is 39.3 Å². The average Bonchev–Trinajstić information content (AvgIpc) is 2.27. The first-order chi connectivity index (χ1) is 7.95. The number of nitrogens with one attached hydrogen (secondary N) is 1. The molecule has 0 radical (unpaired) electrons. The summed E-state index contributed by atoms with van der Waals surface area (Å²) in [6, 6.07) is 1.78. The number of nitrogens with zero attached hydrogens (tertiary/aromatic N) is 2. The maximum atomic E-state index is 11.4. The van der Waals surface area contributed by atoms with Crippen molar-refractivity contribution in [3.63, 3.8) is 0 Å². The van der Waals surface area contributed by atoms with Crippen LogP contribution in [0.2, 0.25) is 5.02 Å². The fraction of sp³-hybridized carbons (Fsp3) is 0.455. The van der Waals surface area contributed by atoms with Crippen LogP contribution in [0.5, 0.6) is 0 Å². The quantitative estimate of drug-likeness (QED) is 0.926. The third-order valence-electron chi connectivity index (χ3n) is 2.39. The first-order valence-corrected chi connectivity index (χ1v) is 6.36. The number of pyridine rings is 1. The Morgan fingerprint density at radius 2 is 2.35 bits per heavy atom. The van der Waals surface area contributed by atoms with E-state index in [1.165, 1.54) is 0 Å². The zero-order chi connectivity index (χ0) is 13.0. The number of hydrogen-bond donors (Lipinski definition) is 1. The molecule has 0 aromatic carbocycles. The first-order valence-electron chi connectivity index (χ1n) is 5.19. The molecule has 0 aliphatic heterocycles. The van der Waals surface area contributed by atoms with Crippen LogP contribution in [0.15, 0.2) is 16.7 Å². The smallest absolute Gasteiger partial charge is 0.224 e. The van der Waals surface area contributed by atoms with Crippen LogP contribution >= 0.6 is 27.5 Å². The number of carbonyl (C=O) groups is 1. The second-order valence-electron chi connectivity index (χ2n) is 3.85. The third-order valence-corrected chi connectivity index (χ3v) is 3.18. The molecule has 0 spiro atoms. The second-order valence-corrected chi connectivity index (χ2v) is 5.15. The van der Waals surface area contributed by atoms with Crippen molar-refractivity contribution in [2.75, 3.05) is 25.5 Å². The Balaban J connectivity index is 2.76. The zero-order valence-corrected chi connectivity index (χ0v) is 12.3. The minimum absolute atomic E-state index is 0.0157. The maximum Gasteiger partial charge on any atom is 0.224 e. The Kier molecular flexibility index (Phi) is 5.21. The number of carbonyl (C=O) groups excluding carboxylic acids is 1. The molecule has 0 saturated carbocycles. The molecule has 1 aromatic rings. The molecule has 1 atom stereocenters. The van der Waals surface area contributed by atoms with Crippen LogP contribution in [0.25, 0.3) is 0 Å². The molecular formula is C11H15BrClN3O. The molecular weight excluding hydrogens is 305 g/mol. The van der Waals surface area contributed by atoms with E-state index >= 15 is 0 Å². The van der Waals surface area contributed by atoms with E-state index in [9.17, 15) is 4.79 Å². The lowest BCUT2D eigenvalue weighted by molar-refractivity contribution is -0.123. The van der Waals surface area contributed by atoms with E-state index in [1.807, 2.05) is 18.9 Å². The number of anilines is 1. The Hall–Kier alpha value is -0.810. The van der Waals surface area contributed by atoms with E-state index in [4.69, 9.17) is 11.6 Å². The third kappa shape index (κ3) is 3.85. The lowest BCUT2D eigenvalue weighted by Crippen LogP contribution is -2.34. The molecule has 0 aliphatic carbocycles. The average molecular weight is 321 g/mol. The molecule has 1 aromatic heterocycles. The highest BCUT2D eigenvalue weighted by Gasteiger charge is 2.16. The van der Waals surface area contributed by atoms with E-state index in [1.54, 1.807) is 19.3 Å². The van der Waals surface area contributed by atoms with Crippen LogP contribution < -0.4 is 10.2 Å². The largest absolute Gasteiger partial charge is 0.359 e. The molecule has 1 amide bonds. The van der Waals surface area contributed by atoms with E-state index in [-0.39, 0.29) is 11.8 Å². The van der Waals surface area contributed by atoms with Gasteiger partial charge in [0.15, 0.2) is 0 Å². The number of aromatic nitrogens is 1. The molecule has 1 N–H and O–H groups in total. The van der Waals surface area contributed by atoms with Crippen molar-refractivity contribution in [1.29, 1.82) is 0 Å². The minimum atomic E-state index is -0.102. The van der Waals surface area contributed by atoms with Crippen molar-refractivity contribution in [2.45, 2.75) is 6.92 Å².